The molecule has 28 nitrogen and oxygen atoms in total. The first-order valence-electron chi connectivity index (χ1n) is 22.8. The van der Waals surface area contributed by atoms with Gasteiger partial charge in [-0.3, -0.25) is 33.7 Å². The predicted octanol–water partition coefficient (Wildman–Crippen LogP) is 4.36. The molecule has 428 valence electrons. The maximum Gasteiger partial charge on any atom is 0.335 e. The number of benzene rings is 1. The maximum atomic E-state index is 14.3. The molecule has 4 aromatic heterocycles. The van der Waals surface area contributed by atoms with Crippen molar-refractivity contribution in [2.45, 2.75) is 75.1 Å². The quantitative estimate of drug-likeness (QED) is 0.0364. The lowest BCUT2D eigenvalue weighted by Gasteiger charge is -2.15. The van der Waals surface area contributed by atoms with E-state index in [2.05, 4.69) is 55.6 Å². The minimum Gasteiger partial charge on any atom is -0.481 e. The predicted molar refractivity (Wildman–Crippen MR) is 291 cm³/mol. The van der Waals surface area contributed by atoms with E-state index in [1.54, 1.807) is 14.1 Å². The summed E-state index contributed by atoms with van der Waals surface area (Å²) in [5, 5.41) is 16.3. The van der Waals surface area contributed by atoms with Gasteiger partial charge in [-0.1, -0.05) is 11.6 Å². The van der Waals surface area contributed by atoms with Crippen LogP contribution in [-0.2, 0) is 42.0 Å². The van der Waals surface area contributed by atoms with Gasteiger partial charge in [-0.2, -0.15) is 33.3 Å². The monoisotopic (exact) mass is 1210 g/mol. The molecule has 3 amide bonds. The summed E-state index contributed by atoms with van der Waals surface area (Å²) < 4.78 is 69.6. The number of halogens is 3. The third-order valence-electron chi connectivity index (χ3n) is 9.43. The normalized spacial score (nSPS) is 13.0. The van der Waals surface area contributed by atoms with Crippen molar-refractivity contribution in [2.24, 2.45) is 10.7 Å². The number of rotatable bonds is 18. The zero-order valence-electron chi connectivity index (χ0n) is 43.5. The third kappa shape index (κ3) is 21.7. The van der Waals surface area contributed by atoms with E-state index in [9.17, 15) is 41.3 Å². The highest BCUT2D eigenvalue weighted by Crippen LogP contribution is 2.36. The fourth-order valence-electron chi connectivity index (χ4n) is 5.82. The van der Waals surface area contributed by atoms with E-state index in [0.717, 1.165) is 48.6 Å². The first-order valence-corrected chi connectivity index (χ1v) is 29.2. The molecule has 0 radical (unpaired) electrons. The third-order valence-corrected chi connectivity index (χ3v) is 14.3. The highest BCUT2D eigenvalue weighted by atomic mass is 35.5. The van der Waals surface area contributed by atoms with Crippen molar-refractivity contribution < 1.29 is 60.8 Å². The Morgan fingerprint density at radius 1 is 1.00 bits per heavy atom. The number of carbonyl (C=O) groups is 4. The number of fused-ring (bicyclic) bond motifs is 1. The first kappa shape index (κ1) is 65.7. The van der Waals surface area contributed by atoms with Gasteiger partial charge in [0.2, 0.25) is 39.7 Å². The van der Waals surface area contributed by atoms with Crippen molar-refractivity contribution >= 4 is 111 Å². The minimum absolute atomic E-state index is 0.0412. The molecule has 0 saturated heterocycles. The molecule has 0 aliphatic carbocycles. The molecule has 78 heavy (non-hydrogen) atoms. The van der Waals surface area contributed by atoms with Crippen molar-refractivity contribution in [1.29, 1.82) is 0 Å². The van der Waals surface area contributed by atoms with Gasteiger partial charge in [0, 0.05) is 63.7 Å². The van der Waals surface area contributed by atoms with Crippen molar-refractivity contribution in [3.63, 3.8) is 0 Å². The number of hydrogen-bond acceptors (Lipinski definition) is 23. The Kier molecular flexibility index (Phi) is 26.3. The number of ether oxygens (including phenoxy) is 3. The average Bonchev–Trinajstić information content (AvgIpc) is 3.69. The molecule has 0 fully saturated rings. The molecule has 0 saturated carbocycles. The second-order valence-electron chi connectivity index (χ2n) is 16.3. The summed E-state index contributed by atoms with van der Waals surface area (Å²) in [6.07, 6.45) is 3.08. The molecule has 5 heterocycles. The van der Waals surface area contributed by atoms with Gasteiger partial charge in [-0.05, 0) is 87.2 Å². The Morgan fingerprint density at radius 3 is 2.19 bits per heavy atom. The fraction of sp³-hybridized carbons (Fsp3) is 0.442. The number of nitrogens with one attached hydrogen (secondary N) is 4. The molecular formula is C43H59Cl2FN15O13PS3. The van der Waals surface area contributed by atoms with Crippen LogP contribution >= 0.6 is 53.7 Å². The second kappa shape index (κ2) is 31.2. The zero-order valence-corrected chi connectivity index (χ0v) is 48.4. The van der Waals surface area contributed by atoms with Gasteiger partial charge in [0.25, 0.3) is 15.9 Å². The minimum atomic E-state index is -4.46. The number of sulfonamides is 1. The lowest BCUT2D eigenvalue weighted by Crippen LogP contribution is -2.36. The highest BCUT2D eigenvalue weighted by Gasteiger charge is 2.27. The maximum absolute atomic E-state index is 14.3. The number of amides is 3. The SMILES string of the molecule is CCNc1nc(Cl)nc(NC(C)C)n1.COC(=O)CSc1cc(/N=c2\sc(=O)n3n2CCCC3)c(F)cc1Cl.COc1cc(OC)nc(NC(=O)NS(=O)(=O)c2ncccc2C(=O)N(C)C)n1.CP(=O)(O)CCC(N)C(=O)O. The van der Waals surface area contributed by atoms with Crippen molar-refractivity contribution in [2.75, 3.05) is 76.5 Å². The van der Waals surface area contributed by atoms with Gasteiger partial charge in [0.15, 0.2) is 12.4 Å². The summed E-state index contributed by atoms with van der Waals surface area (Å²) >= 11 is 13.9. The van der Waals surface area contributed by atoms with Crippen LogP contribution in [0.5, 0.6) is 11.8 Å². The lowest BCUT2D eigenvalue weighted by atomic mass is 10.2. The largest absolute Gasteiger partial charge is 0.481 e. The van der Waals surface area contributed by atoms with Crippen LogP contribution in [0.3, 0.4) is 0 Å². The Balaban J connectivity index is 0.000000291. The smallest absolute Gasteiger partial charge is 0.335 e. The number of urea groups is 1. The van der Waals surface area contributed by atoms with Gasteiger partial charge >= 0.3 is 22.8 Å². The first-order chi connectivity index (χ1) is 36.6. The van der Waals surface area contributed by atoms with Crippen LogP contribution in [0.4, 0.5) is 32.7 Å². The van der Waals surface area contributed by atoms with E-state index in [-0.39, 0.29) is 68.5 Å². The number of carboxylic acids is 1. The number of carbonyl (C=O) groups excluding carboxylic acids is 3. The summed E-state index contributed by atoms with van der Waals surface area (Å²) in [5.41, 5.74) is 4.99. The molecule has 2 unspecified atom stereocenters. The zero-order chi connectivity index (χ0) is 58.5. The second-order valence-corrected chi connectivity index (χ2v) is 23.1. The van der Waals surface area contributed by atoms with Crippen LogP contribution in [-0.4, -0.2) is 159 Å². The summed E-state index contributed by atoms with van der Waals surface area (Å²) in [4.78, 5) is 96.3. The summed E-state index contributed by atoms with van der Waals surface area (Å²) in [7, 11) is -0.654. The number of aliphatic carboxylic acids is 1. The van der Waals surface area contributed by atoms with Gasteiger partial charge in [-0.15, -0.1) is 11.8 Å². The molecular weight excluding hydrogens is 1150 g/mol. The number of aromatic nitrogens is 8. The van der Waals surface area contributed by atoms with E-state index in [1.165, 1.54) is 77.5 Å². The van der Waals surface area contributed by atoms with Gasteiger partial charge in [0.1, 0.15) is 17.5 Å². The molecule has 6 rings (SSSR count). The van der Waals surface area contributed by atoms with Crippen molar-refractivity contribution in [3.8, 4) is 11.8 Å². The van der Waals surface area contributed by atoms with Gasteiger partial charge in [0.05, 0.1) is 43.7 Å². The molecule has 1 aliphatic heterocycles. The Labute approximate surface area is 465 Å². The molecule has 1 aliphatic rings. The molecule has 1 aromatic carbocycles. The number of methoxy groups -OCH3 is 3. The van der Waals surface area contributed by atoms with Crippen molar-refractivity contribution in [3.05, 3.63) is 72.7 Å². The topological polar surface area (TPSA) is 382 Å². The van der Waals surface area contributed by atoms with E-state index in [0.29, 0.717) is 34.7 Å². The molecule has 8 N–H and O–H groups in total. The number of pyridine rings is 1. The van der Waals surface area contributed by atoms with Gasteiger partial charge < -0.3 is 45.5 Å². The Hall–Kier alpha value is -6.54. The number of esters is 1. The molecule has 5 aromatic rings. The highest BCUT2D eigenvalue weighted by molar-refractivity contribution is 8.00. The number of anilines is 3. The molecule has 0 spiro atoms. The number of nitrogens with zero attached hydrogens (tertiary/aromatic N) is 10. The van der Waals surface area contributed by atoms with E-state index in [1.807, 2.05) is 20.8 Å². The van der Waals surface area contributed by atoms with Crippen LogP contribution in [0.25, 0.3) is 0 Å². The molecule has 35 heteroatoms. The average molecular weight is 1210 g/mol. The summed E-state index contributed by atoms with van der Waals surface area (Å²) in [6.45, 7) is 9.23. The van der Waals surface area contributed by atoms with Gasteiger partial charge in [-0.25, -0.2) is 28.6 Å². The van der Waals surface area contributed by atoms with E-state index in [4.69, 9.17) is 48.4 Å². The molecule has 0 bridgehead atoms. The fourth-order valence-corrected chi connectivity index (χ4v) is 9.76. The number of nitrogens with two attached hydrogens (primary N) is 1. The van der Waals surface area contributed by atoms with Crippen LogP contribution < -0.4 is 45.6 Å². The van der Waals surface area contributed by atoms with Crippen molar-refractivity contribution in [1.82, 2.24) is 48.9 Å². The number of thioether (sulfide) groups is 1. The Morgan fingerprint density at radius 2 is 1.63 bits per heavy atom. The number of hydrogen-bond donors (Lipinski definition) is 7. The van der Waals surface area contributed by atoms with Crippen LogP contribution in [0.1, 0.15) is 50.4 Å². The van der Waals surface area contributed by atoms with E-state index >= 15 is 0 Å². The number of carboxylic acid groups (broad SMARTS) is 1. The van der Waals surface area contributed by atoms with Crippen LogP contribution in [0.15, 0.2) is 56.2 Å². The summed E-state index contributed by atoms with van der Waals surface area (Å²) in [6, 6.07) is 4.78. The van der Waals surface area contributed by atoms with Crippen LogP contribution in [0, 0.1) is 5.82 Å². The molecule has 2 atom stereocenters. The van der Waals surface area contributed by atoms with Crippen LogP contribution in [0.2, 0.25) is 10.3 Å². The van der Waals surface area contributed by atoms with E-state index < -0.39 is 58.2 Å². The summed E-state index contributed by atoms with van der Waals surface area (Å²) in [5.74, 6) is -1.73. The standard InChI is InChI=1S/C15H15ClFN3O3S2.C15H18N6O6S.C8H14ClN5.C5H12NO4P/c1-23-13(21)8-24-12-7-11(10(17)6-9(12)16)18-14-19-4-2-3-5-20(19)15(22)25-14;1-21(2)13(22)9-6-5-7-16-12(9)28(24,25)20-15(23)19-14-17-10(26-3)8-11(18-14)27-4;1-4-10-7-12-6(9)13-8(14-7)11-5(2)3;1-11(9,10)3-2-4(6)5(7)8/h6-7H,2-5,8H2,1H3;5-8H,1-4H3,(H2,17,18,19,20,23);5H,4H2,1-3H3,(H2,10,11,12,13,14);4H,2-3,6H2,1H3,(H,7,8)(H,9,10)/b18-14-;;;. The Bertz CT molecular complexity index is 3160. The lowest BCUT2D eigenvalue weighted by molar-refractivity contribution is -0.139.